The van der Waals surface area contributed by atoms with Gasteiger partial charge in [-0.1, -0.05) is 17.3 Å². The highest BCUT2D eigenvalue weighted by molar-refractivity contribution is 6.07. The lowest BCUT2D eigenvalue weighted by Gasteiger charge is -2.18. The Kier molecular flexibility index (Phi) is 13.0. The number of ether oxygens (including phenoxy) is 1. The number of phenolic OH excluding ortho intramolecular Hbond substituents is 1. The smallest absolute Gasteiger partial charge is 0.335 e. The molecule has 0 aliphatic rings. The van der Waals surface area contributed by atoms with E-state index >= 15 is 0 Å². The maximum Gasteiger partial charge on any atom is 0.335 e. The Morgan fingerprint density at radius 2 is 1.29 bits per heavy atom. The number of anilines is 3. The number of phenols is 1. The molecule has 1 heterocycles. The molecule has 0 bridgehead atoms. The third-order valence-corrected chi connectivity index (χ3v) is 9.00. The van der Waals surface area contributed by atoms with E-state index in [1.807, 2.05) is 6.07 Å². The van der Waals surface area contributed by atoms with Crippen molar-refractivity contribution in [3.05, 3.63) is 143 Å². The van der Waals surface area contributed by atoms with Gasteiger partial charge in [0.05, 0.1) is 41.5 Å². The molecule has 312 valence electrons. The number of primary amides is 1. The number of hydrogen-bond donors (Lipinski definition) is 7. The van der Waals surface area contributed by atoms with Crippen LogP contribution in [0.1, 0.15) is 67.3 Å². The van der Waals surface area contributed by atoms with E-state index in [0.29, 0.717) is 39.4 Å². The number of amides is 5. The first kappa shape index (κ1) is 42.7. The number of carboxylic acids is 1. The van der Waals surface area contributed by atoms with Crippen LogP contribution in [0.3, 0.4) is 0 Å². The summed E-state index contributed by atoms with van der Waals surface area (Å²) in [6.07, 6.45) is 0.648. The van der Waals surface area contributed by atoms with Gasteiger partial charge >= 0.3 is 5.97 Å². The molecule has 1 unspecified atom stereocenters. The van der Waals surface area contributed by atoms with Crippen molar-refractivity contribution < 1.29 is 43.7 Å². The van der Waals surface area contributed by atoms with Gasteiger partial charge in [0, 0.05) is 33.8 Å². The second kappa shape index (κ2) is 18.8. The predicted octanol–water partition coefficient (Wildman–Crippen LogP) is 5.11. The first-order valence-corrected chi connectivity index (χ1v) is 18.7. The molecule has 62 heavy (non-hydrogen) atoms. The normalized spacial score (nSPS) is 11.1. The lowest BCUT2D eigenvalue weighted by atomic mass is 10.1. The van der Waals surface area contributed by atoms with E-state index in [1.54, 1.807) is 44.3 Å². The molecule has 0 aliphatic heterocycles. The Hall–Kier alpha value is -8.85. The average Bonchev–Trinajstić information content (AvgIpc) is 3.74. The van der Waals surface area contributed by atoms with E-state index < -0.39 is 59.8 Å². The highest BCUT2D eigenvalue weighted by atomic mass is 16.5. The maximum atomic E-state index is 13.3. The molecule has 5 amide bonds. The van der Waals surface area contributed by atoms with E-state index in [-0.39, 0.29) is 28.1 Å². The lowest BCUT2D eigenvalue weighted by molar-refractivity contribution is -0.123. The monoisotopic (exact) mass is 835 g/mol. The molecule has 1 aromatic heterocycles. The minimum Gasteiger partial charge on any atom is -0.504 e. The second-order valence-corrected chi connectivity index (χ2v) is 13.8. The number of aromatic hydroxyl groups is 1. The summed E-state index contributed by atoms with van der Waals surface area (Å²) in [7, 11) is 0. The number of carbonyl (C=O) groups is 6. The van der Waals surface area contributed by atoms with Crippen LogP contribution < -0.4 is 31.7 Å². The molecule has 1 atom stereocenters. The van der Waals surface area contributed by atoms with Crippen LogP contribution in [0, 0.1) is 11.3 Å². The third kappa shape index (κ3) is 10.4. The van der Waals surface area contributed by atoms with Crippen molar-refractivity contribution in [2.75, 3.05) is 16.0 Å². The van der Waals surface area contributed by atoms with Gasteiger partial charge in [-0.05, 0) is 111 Å². The van der Waals surface area contributed by atoms with Crippen molar-refractivity contribution >= 4 is 52.6 Å². The zero-order valence-electron chi connectivity index (χ0n) is 32.9. The Labute approximate surface area is 352 Å². The Balaban J connectivity index is 1.10. The van der Waals surface area contributed by atoms with E-state index in [2.05, 4.69) is 31.6 Å². The van der Waals surface area contributed by atoms with Gasteiger partial charge in [0.1, 0.15) is 17.4 Å². The van der Waals surface area contributed by atoms with Gasteiger partial charge in [-0.3, -0.25) is 24.0 Å². The first-order valence-electron chi connectivity index (χ1n) is 18.7. The summed E-state index contributed by atoms with van der Waals surface area (Å²) in [5.41, 5.74) is 8.47. The Bertz CT molecular complexity index is 2710. The Morgan fingerprint density at radius 1 is 0.742 bits per heavy atom. The molecule has 18 nitrogen and oxygen atoms in total. The average molecular weight is 836 g/mol. The van der Waals surface area contributed by atoms with Gasteiger partial charge in [0.25, 0.3) is 17.7 Å². The van der Waals surface area contributed by atoms with Crippen molar-refractivity contribution in [1.82, 2.24) is 20.3 Å². The molecule has 6 rings (SSSR count). The number of carboxylic acid groups (broad SMARTS) is 1. The zero-order valence-corrected chi connectivity index (χ0v) is 32.9. The molecule has 8 N–H and O–H groups in total. The molecule has 5 aromatic carbocycles. The van der Waals surface area contributed by atoms with Crippen molar-refractivity contribution in [2.24, 2.45) is 5.73 Å². The van der Waals surface area contributed by atoms with E-state index in [1.165, 1.54) is 89.6 Å². The van der Waals surface area contributed by atoms with E-state index in [0.717, 1.165) is 0 Å². The summed E-state index contributed by atoms with van der Waals surface area (Å²) >= 11 is 0. The van der Waals surface area contributed by atoms with Gasteiger partial charge in [-0.15, -0.1) is 5.10 Å². The SMILES string of the molecule is CC(C)Oc1c(-n2cc(-c3ccc(NC(=O)C(CC(N)=O)NC(=O)c4ccc(NC(=O)c5ccc(C#N)cc5)cc4)cc3)nn2)ccc(C(=O)Nc2ccc(C(=O)O)cc2)c1O. The van der Waals surface area contributed by atoms with E-state index in [4.69, 9.17) is 20.8 Å². The number of nitrogens with one attached hydrogen (secondary N) is 4. The number of carbonyl (C=O) groups excluding carboxylic acids is 5. The minimum absolute atomic E-state index is 0.0393. The fraction of sp³-hybridized carbons (Fsp3) is 0.114. The number of hydrogen-bond acceptors (Lipinski definition) is 11. The topological polar surface area (TPSA) is 281 Å². The summed E-state index contributed by atoms with van der Waals surface area (Å²) < 4.78 is 7.26. The fourth-order valence-corrected chi connectivity index (χ4v) is 5.89. The van der Waals surface area contributed by atoms with Crippen LogP contribution in [-0.4, -0.2) is 72.9 Å². The third-order valence-electron chi connectivity index (χ3n) is 9.00. The Morgan fingerprint density at radius 3 is 1.87 bits per heavy atom. The van der Waals surface area contributed by atoms with Crippen LogP contribution in [0.4, 0.5) is 17.1 Å². The van der Waals surface area contributed by atoms with Crippen molar-refractivity contribution in [3.63, 3.8) is 0 Å². The number of aromatic carboxylic acids is 1. The molecule has 0 saturated heterocycles. The van der Waals surface area contributed by atoms with Gasteiger partial charge < -0.3 is 42.0 Å². The molecule has 0 spiro atoms. The number of nitrogens with two attached hydrogens (primary N) is 1. The fourth-order valence-electron chi connectivity index (χ4n) is 5.89. The maximum absolute atomic E-state index is 13.3. The summed E-state index contributed by atoms with van der Waals surface area (Å²) in [5, 5.41) is 48.3. The molecule has 0 fully saturated rings. The molecular formula is C44H37N9O9. The van der Waals surface area contributed by atoms with Crippen LogP contribution in [0.5, 0.6) is 11.5 Å². The van der Waals surface area contributed by atoms with Crippen molar-refractivity contribution in [2.45, 2.75) is 32.4 Å². The predicted molar refractivity (Wildman–Crippen MR) is 225 cm³/mol. The largest absolute Gasteiger partial charge is 0.504 e. The summed E-state index contributed by atoms with van der Waals surface area (Å²) in [4.78, 5) is 75.2. The van der Waals surface area contributed by atoms with E-state index in [9.17, 15) is 33.9 Å². The summed E-state index contributed by atoms with van der Waals surface area (Å²) in [5.74, 6) is -4.93. The van der Waals surface area contributed by atoms with Crippen LogP contribution in [0.25, 0.3) is 16.9 Å². The van der Waals surface area contributed by atoms with Gasteiger partial charge in [-0.2, -0.15) is 5.26 Å². The lowest BCUT2D eigenvalue weighted by Crippen LogP contribution is -2.46. The highest BCUT2D eigenvalue weighted by Crippen LogP contribution is 2.38. The molecule has 0 saturated carbocycles. The van der Waals surface area contributed by atoms with Crippen LogP contribution in [0.2, 0.25) is 0 Å². The highest BCUT2D eigenvalue weighted by Gasteiger charge is 2.25. The van der Waals surface area contributed by atoms with Crippen LogP contribution in [0.15, 0.2) is 115 Å². The number of rotatable bonds is 15. The molecule has 0 aliphatic carbocycles. The zero-order chi connectivity index (χ0) is 44.5. The molecule has 18 heteroatoms. The van der Waals surface area contributed by atoms with Crippen molar-refractivity contribution in [3.8, 4) is 34.5 Å². The number of nitriles is 1. The first-order chi connectivity index (χ1) is 29.7. The van der Waals surface area contributed by atoms with Gasteiger partial charge in [-0.25, -0.2) is 9.48 Å². The second-order valence-electron chi connectivity index (χ2n) is 13.8. The van der Waals surface area contributed by atoms with Gasteiger partial charge in [0.2, 0.25) is 11.8 Å². The minimum atomic E-state index is -1.34. The molecular weight excluding hydrogens is 799 g/mol. The van der Waals surface area contributed by atoms with Gasteiger partial charge in [0.15, 0.2) is 11.5 Å². The summed E-state index contributed by atoms with van der Waals surface area (Å²) in [6, 6.07) is 27.4. The van der Waals surface area contributed by atoms with Crippen LogP contribution in [-0.2, 0) is 9.59 Å². The van der Waals surface area contributed by atoms with Crippen molar-refractivity contribution in [1.29, 1.82) is 5.26 Å². The summed E-state index contributed by atoms with van der Waals surface area (Å²) in [6.45, 7) is 3.48. The van der Waals surface area contributed by atoms with Crippen LogP contribution >= 0.6 is 0 Å². The number of nitrogens with zero attached hydrogens (tertiary/aromatic N) is 4. The molecule has 0 radical (unpaired) electrons. The molecule has 6 aromatic rings. The quantitative estimate of drug-likeness (QED) is 0.0710. The number of aromatic nitrogens is 3. The standard InChI is InChI=1S/C44H37N9O9/c1-24(2)62-39-36(20-19-33(38(39)55)42(58)48-31-17-11-29(12-18-31)44(60)61)53-23-35(51-52-53)26-7-13-32(14-8-26)49-43(59)34(21-37(46)54)50-41(57)28-9-15-30(16-10-28)47-40(56)27-5-3-25(22-45)4-6-27/h3-20,23-24,34,55H,21H2,1-2H3,(H2,46,54)(H,47,56)(H,48,58)(H,49,59)(H,50,57)(H,60,61). The number of benzene rings is 5.